The molecule has 0 fully saturated rings. The molecule has 4 rings (SSSR count). The maximum atomic E-state index is 12.4. The van der Waals surface area contributed by atoms with E-state index in [1.807, 2.05) is 24.3 Å². The molecule has 1 aromatic heterocycles. The van der Waals surface area contributed by atoms with Crippen LogP contribution in [0, 0.1) is 10.1 Å². The van der Waals surface area contributed by atoms with Gasteiger partial charge in [0, 0.05) is 23.4 Å². The van der Waals surface area contributed by atoms with Crippen LogP contribution in [0.15, 0.2) is 83.3 Å². The number of nitrogens with zero attached hydrogens (tertiary/aromatic N) is 2. The van der Waals surface area contributed by atoms with E-state index in [0.717, 1.165) is 11.2 Å². The number of benzene rings is 3. The summed E-state index contributed by atoms with van der Waals surface area (Å²) < 4.78 is 5.62. The molecule has 0 spiro atoms. The molecule has 7 heteroatoms. The van der Waals surface area contributed by atoms with Crippen LogP contribution in [0.3, 0.4) is 0 Å². The van der Waals surface area contributed by atoms with Gasteiger partial charge in [-0.15, -0.1) is 0 Å². The number of para-hydroxylation sites is 2. The van der Waals surface area contributed by atoms with Gasteiger partial charge in [-0.25, -0.2) is 0 Å². The second kappa shape index (κ2) is 7.77. The van der Waals surface area contributed by atoms with Gasteiger partial charge in [0.15, 0.2) is 11.4 Å². The van der Waals surface area contributed by atoms with Crippen molar-refractivity contribution in [1.29, 1.82) is 0 Å². The zero-order chi connectivity index (χ0) is 20.2. The van der Waals surface area contributed by atoms with E-state index in [2.05, 4.69) is 10.3 Å². The molecule has 0 atom stereocenters. The van der Waals surface area contributed by atoms with Gasteiger partial charge in [0.05, 0.1) is 4.92 Å². The van der Waals surface area contributed by atoms with Crippen molar-refractivity contribution in [2.24, 2.45) is 0 Å². The fourth-order valence-electron chi connectivity index (χ4n) is 2.78. The minimum Gasteiger partial charge on any atom is -0.423 e. The van der Waals surface area contributed by atoms with Crippen molar-refractivity contribution in [3.63, 3.8) is 0 Å². The zero-order valence-electron chi connectivity index (χ0n) is 15.1. The van der Waals surface area contributed by atoms with E-state index < -0.39 is 4.92 Å². The van der Waals surface area contributed by atoms with Gasteiger partial charge in [-0.3, -0.25) is 14.9 Å². The number of carbonyl (C=O) groups is 1. The minimum atomic E-state index is -0.470. The third-order valence-electron chi connectivity index (χ3n) is 4.22. The standard InChI is InChI=1S/C22H15N3O4/c26-20(13-8-15-4-3-5-18(14-15)25(27)28)16-9-11-17(12-10-16)23-22-24-19-6-1-2-7-21(19)29-22/h1-14H,(H,23,24)/b13-8+. The van der Waals surface area contributed by atoms with Gasteiger partial charge in [-0.2, -0.15) is 4.98 Å². The predicted molar refractivity (Wildman–Crippen MR) is 110 cm³/mol. The first-order valence-corrected chi connectivity index (χ1v) is 8.78. The molecule has 0 aliphatic carbocycles. The molecule has 142 valence electrons. The highest BCUT2D eigenvalue weighted by Crippen LogP contribution is 2.22. The van der Waals surface area contributed by atoms with Gasteiger partial charge >= 0.3 is 0 Å². The SMILES string of the molecule is O=C(/C=C/c1cccc([N+](=O)[O-])c1)c1ccc(Nc2nc3ccccc3o2)cc1. The number of hydrogen-bond acceptors (Lipinski definition) is 6. The van der Waals surface area contributed by atoms with E-state index in [1.54, 1.807) is 42.5 Å². The van der Waals surface area contributed by atoms with Crippen LogP contribution in [-0.4, -0.2) is 15.7 Å². The predicted octanol–water partition coefficient (Wildman–Crippen LogP) is 5.38. The fraction of sp³-hybridized carbons (Fsp3) is 0. The monoisotopic (exact) mass is 385 g/mol. The summed E-state index contributed by atoms with van der Waals surface area (Å²) in [7, 11) is 0. The lowest BCUT2D eigenvalue weighted by Gasteiger charge is -2.02. The first-order chi connectivity index (χ1) is 14.1. The Balaban J connectivity index is 1.45. The number of nitrogens with one attached hydrogen (secondary N) is 1. The summed E-state index contributed by atoms with van der Waals surface area (Å²) in [6.07, 6.45) is 2.95. The van der Waals surface area contributed by atoms with Gasteiger partial charge in [-0.05, 0) is 48.0 Å². The van der Waals surface area contributed by atoms with Crippen molar-refractivity contribution in [2.75, 3.05) is 5.32 Å². The fourth-order valence-corrected chi connectivity index (χ4v) is 2.78. The summed E-state index contributed by atoms with van der Waals surface area (Å²) in [5.74, 6) is -0.204. The molecular formula is C22H15N3O4. The lowest BCUT2D eigenvalue weighted by molar-refractivity contribution is -0.384. The number of allylic oxidation sites excluding steroid dienone is 1. The lowest BCUT2D eigenvalue weighted by atomic mass is 10.1. The van der Waals surface area contributed by atoms with Crippen molar-refractivity contribution in [1.82, 2.24) is 4.98 Å². The van der Waals surface area contributed by atoms with Crippen LogP contribution in [0.1, 0.15) is 15.9 Å². The molecule has 7 nitrogen and oxygen atoms in total. The average molecular weight is 385 g/mol. The Morgan fingerprint density at radius 1 is 1.03 bits per heavy atom. The highest BCUT2D eigenvalue weighted by atomic mass is 16.6. The van der Waals surface area contributed by atoms with E-state index in [1.165, 1.54) is 18.2 Å². The number of hydrogen-bond donors (Lipinski definition) is 1. The number of aromatic nitrogens is 1. The Kier molecular flexibility index (Phi) is 4.86. The largest absolute Gasteiger partial charge is 0.423 e. The summed E-state index contributed by atoms with van der Waals surface area (Å²) >= 11 is 0. The molecule has 0 saturated heterocycles. The van der Waals surface area contributed by atoms with E-state index in [4.69, 9.17) is 4.42 Å². The number of nitro groups is 1. The molecular weight excluding hydrogens is 370 g/mol. The summed E-state index contributed by atoms with van der Waals surface area (Å²) in [6, 6.07) is 20.8. The molecule has 29 heavy (non-hydrogen) atoms. The molecule has 0 unspecified atom stereocenters. The molecule has 1 heterocycles. The number of fused-ring (bicyclic) bond motifs is 1. The molecule has 1 N–H and O–H groups in total. The highest BCUT2D eigenvalue weighted by Gasteiger charge is 2.07. The third kappa shape index (κ3) is 4.19. The van der Waals surface area contributed by atoms with Crippen molar-refractivity contribution in [3.8, 4) is 0 Å². The van der Waals surface area contributed by atoms with Crippen LogP contribution >= 0.6 is 0 Å². The highest BCUT2D eigenvalue weighted by molar-refractivity contribution is 6.07. The van der Waals surface area contributed by atoms with Crippen LogP contribution < -0.4 is 5.32 Å². The van der Waals surface area contributed by atoms with Gasteiger partial charge in [-0.1, -0.05) is 30.3 Å². The quantitative estimate of drug-likeness (QED) is 0.207. The Hall–Kier alpha value is -4.26. The first kappa shape index (κ1) is 18.1. The smallest absolute Gasteiger partial charge is 0.300 e. The van der Waals surface area contributed by atoms with E-state index in [-0.39, 0.29) is 11.5 Å². The Morgan fingerprint density at radius 2 is 1.83 bits per heavy atom. The zero-order valence-corrected chi connectivity index (χ0v) is 15.1. The summed E-state index contributed by atoms with van der Waals surface area (Å²) in [5.41, 5.74) is 3.24. The van der Waals surface area contributed by atoms with E-state index in [9.17, 15) is 14.9 Å². The Morgan fingerprint density at radius 3 is 2.59 bits per heavy atom. The molecule has 4 aromatic rings. The van der Waals surface area contributed by atoms with Crippen LogP contribution in [0.4, 0.5) is 17.4 Å². The number of carbonyl (C=O) groups excluding carboxylic acids is 1. The van der Waals surface area contributed by atoms with E-state index >= 15 is 0 Å². The maximum absolute atomic E-state index is 12.4. The van der Waals surface area contributed by atoms with Crippen LogP contribution in [0.5, 0.6) is 0 Å². The average Bonchev–Trinajstić information content (AvgIpc) is 3.15. The Labute approximate surface area is 165 Å². The normalized spacial score (nSPS) is 11.0. The van der Waals surface area contributed by atoms with Crippen LogP contribution in [0.25, 0.3) is 17.2 Å². The topological polar surface area (TPSA) is 98.3 Å². The molecule has 3 aromatic carbocycles. The summed E-state index contributed by atoms with van der Waals surface area (Å²) in [6.45, 7) is 0. The van der Waals surface area contributed by atoms with Crippen molar-refractivity contribution >= 4 is 40.3 Å². The molecule has 0 aliphatic heterocycles. The number of rotatable bonds is 6. The van der Waals surface area contributed by atoms with Crippen LogP contribution in [0.2, 0.25) is 0 Å². The van der Waals surface area contributed by atoms with Crippen molar-refractivity contribution in [3.05, 3.63) is 100 Å². The minimum absolute atomic E-state index is 0.0192. The van der Waals surface area contributed by atoms with Gasteiger partial charge in [0.25, 0.3) is 11.7 Å². The van der Waals surface area contributed by atoms with Gasteiger partial charge < -0.3 is 9.73 Å². The molecule has 0 radical (unpaired) electrons. The number of nitro benzene ring substituents is 1. The molecule has 0 bridgehead atoms. The van der Waals surface area contributed by atoms with Crippen molar-refractivity contribution < 1.29 is 14.1 Å². The van der Waals surface area contributed by atoms with Crippen molar-refractivity contribution in [2.45, 2.75) is 0 Å². The lowest BCUT2D eigenvalue weighted by Crippen LogP contribution is -1.96. The number of oxazole rings is 1. The van der Waals surface area contributed by atoms with E-state index in [0.29, 0.717) is 22.7 Å². The Bertz CT molecular complexity index is 1190. The van der Waals surface area contributed by atoms with Gasteiger partial charge in [0.1, 0.15) is 5.52 Å². The third-order valence-corrected chi connectivity index (χ3v) is 4.22. The van der Waals surface area contributed by atoms with Gasteiger partial charge in [0.2, 0.25) is 0 Å². The number of non-ortho nitro benzene ring substituents is 1. The number of anilines is 2. The maximum Gasteiger partial charge on any atom is 0.300 e. The summed E-state index contributed by atoms with van der Waals surface area (Å²) in [4.78, 5) is 27.0. The second-order valence-electron chi connectivity index (χ2n) is 6.24. The summed E-state index contributed by atoms with van der Waals surface area (Å²) in [5, 5.41) is 13.9. The molecule has 0 amide bonds. The molecule has 0 saturated carbocycles. The second-order valence-corrected chi connectivity index (χ2v) is 6.24. The molecule has 0 aliphatic rings. The first-order valence-electron chi connectivity index (χ1n) is 8.78. The van der Waals surface area contributed by atoms with Crippen LogP contribution in [-0.2, 0) is 0 Å². The number of ketones is 1.